The van der Waals surface area contributed by atoms with E-state index < -0.39 is 6.09 Å². The number of unbranched alkanes of at least 4 members (excludes halogenated alkanes) is 1. The number of para-hydroxylation sites is 1. The first-order valence-corrected chi connectivity index (χ1v) is 9.74. The number of rotatable bonds is 9. The molecule has 2 N–H and O–H groups in total. The van der Waals surface area contributed by atoms with Crippen LogP contribution in [0.3, 0.4) is 0 Å². The standard InChI is InChI=1S/C22H23ClN2O3/c23-19-9-3-1-7-16(19)12-14-25(22(27)28)13-6-5-11-21(26)18-15-24-20-10-4-2-8-17(18)20/h1-4,7-10,15,24H,5-6,11-14H2,(H,27,28). The molecule has 0 aliphatic rings. The van der Waals surface area contributed by atoms with Crippen molar-refractivity contribution < 1.29 is 14.7 Å². The van der Waals surface area contributed by atoms with Crippen molar-refractivity contribution in [2.75, 3.05) is 13.1 Å². The van der Waals surface area contributed by atoms with Crippen LogP contribution in [0, 0.1) is 0 Å². The highest BCUT2D eigenvalue weighted by molar-refractivity contribution is 6.31. The largest absolute Gasteiger partial charge is 0.465 e. The van der Waals surface area contributed by atoms with E-state index in [0.717, 1.165) is 16.5 Å². The van der Waals surface area contributed by atoms with Crippen LogP contribution in [0.1, 0.15) is 35.2 Å². The lowest BCUT2D eigenvalue weighted by Crippen LogP contribution is -2.32. The number of Topliss-reactive ketones (excluding diaryl/α,β-unsaturated/α-hetero) is 1. The number of hydrogen-bond donors (Lipinski definition) is 2. The Morgan fingerprint density at radius 2 is 1.75 bits per heavy atom. The minimum Gasteiger partial charge on any atom is -0.465 e. The normalized spacial score (nSPS) is 10.9. The quantitative estimate of drug-likeness (QED) is 0.374. The fourth-order valence-electron chi connectivity index (χ4n) is 3.28. The molecule has 3 aromatic rings. The van der Waals surface area contributed by atoms with E-state index in [1.807, 2.05) is 42.5 Å². The number of carbonyl (C=O) groups excluding carboxylic acids is 1. The fourth-order valence-corrected chi connectivity index (χ4v) is 3.51. The number of aromatic nitrogens is 1. The smallest absolute Gasteiger partial charge is 0.407 e. The van der Waals surface area contributed by atoms with Gasteiger partial charge < -0.3 is 15.0 Å². The molecule has 0 radical (unpaired) electrons. The van der Waals surface area contributed by atoms with Crippen molar-refractivity contribution >= 4 is 34.4 Å². The molecule has 5 nitrogen and oxygen atoms in total. The molecule has 1 amide bonds. The van der Waals surface area contributed by atoms with Gasteiger partial charge in [-0.2, -0.15) is 0 Å². The van der Waals surface area contributed by atoms with Gasteiger partial charge in [0.15, 0.2) is 5.78 Å². The van der Waals surface area contributed by atoms with Gasteiger partial charge in [-0.25, -0.2) is 4.79 Å². The number of nitrogens with one attached hydrogen (secondary N) is 1. The van der Waals surface area contributed by atoms with Crippen LogP contribution in [0.2, 0.25) is 5.02 Å². The molecule has 1 heterocycles. The highest BCUT2D eigenvalue weighted by Crippen LogP contribution is 2.20. The van der Waals surface area contributed by atoms with Gasteiger partial charge in [0.25, 0.3) is 0 Å². The summed E-state index contributed by atoms with van der Waals surface area (Å²) in [6, 6.07) is 15.2. The molecule has 0 aliphatic carbocycles. The number of fused-ring (bicyclic) bond motifs is 1. The Hall–Kier alpha value is -2.79. The molecule has 0 atom stereocenters. The Morgan fingerprint density at radius 1 is 1.00 bits per heavy atom. The predicted molar refractivity (Wildman–Crippen MR) is 111 cm³/mol. The summed E-state index contributed by atoms with van der Waals surface area (Å²) in [5, 5.41) is 11.0. The van der Waals surface area contributed by atoms with Crippen molar-refractivity contribution in [2.24, 2.45) is 0 Å². The lowest BCUT2D eigenvalue weighted by Gasteiger charge is -2.19. The first kappa shape index (κ1) is 20.0. The van der Waals surface area contributed by atoms with Crippen LogP contribution in [0.4, 0.5) is 4.79 Å². The predicted octanol–water partition coefficient (Wildman–Crippen LogP) is 5.40. The SMILES string of the molecule is O=C(CCCCN(CCc1ccccc1Cl)C(=O)O)c1c[nH]c2ccccc12. The van der Waals surface area contributed by atoms with E-state index in [1.54, 1.807) is 12.3 Å². The average Bonchev–Trinajstić information content (AvgIpc) is 3.12. The molecule has 1 aromatic heterocycles. The van der Waals surface area contributed by atoms with Gasteiger partial charge in [-0.15, -0.1) is 0 Å². The van der Waals surface area contributed by atoms with Gasteiger partial charge >= 0.3 is 6.09 Å². The summed E-state index contributed by atoms with van der Waals surface area (Å²) in [5.41, 5.74) is 2.58. The average molecular weight is 399 g/mol. The van der Waals surface area contributed by atoms with E-state index in [2.05, 4.69) is 4.98 Å². The summed E-state index contributed by atoms with van der Waals surface area (Å²) in [6.45, 7) is 0.788. The number of carboxylic acid groups (broad SMARTS) is 1. The topological polar surface area (TPSA) is 73.4 Å². The third-order valence-corrected chi connectivity index (χ3v) is 5.22. The maximum absolute atomic E-state index is 12.5. The summed E-state index contributed by atoms with van der Waals surface area (Å²) in [4.78, 5) is 28.5. The molecule has 0 bridgehead atoms. The number of halogens is 1. The number of amides is 1. The molecule has 0 spiro atoms. The van der Waals surface area contributed by atoms with Gasteiger partial charge in [-0.05, 0) is 37.0 Å². The van der Waals surface area contributed by atoms with Crippen LogP contribution in [0.25, 0.3) is 10.9 Å². The lowest BCUT2D eigenvalue weighted by molar-refractivity contribution is 0.0979. The Labute approximate surface area is 168 Å². The number of hydrogen-bond acceptors (Lipinski definition) is 2. The van der Waals surface area contributed by atoms with Gasteiger partial charge in [0, 0.05) is 47.2 Å². The second-order valence-electron chi connectivity index (χ2n) is 6.74. The van der Waals surface area contributed by atoms with Crippen molar-refractivity contribution in [2.45, 2.75) is 25.7 Å². The van der Waals surface area contributed by atoms with E-state index in [-0.39, 0.29) is 5.78 Å². The molecule has 0 unspecified atom stereocenters. The van der Waals surface area contributed by atoms with Crippen molar-refractivity contribution in [1.82, 2.24) is 9.88 Å². The number of benzene rings is 2. The monoisotopic (exact) mass is 398 g/mol. The molecule has 28 heavy (non-hydrogen) atoms. The van der Waals surface area contributed by atoms with Crippen molar-refractivity contribution in [3.63, 3.8) is 0 Å². The molecule has 0 aliphatic heterocycles. The number of carbonyl (C=O) groups is 2. The zero-order chi connectivity index (χ0) is 19.9. The Balaban J connectivity index is 1.47. The summed E-state index contributed by atoms with van der Waals surface area (Å²) < 4.78 is 0. The molecule has 3 rings (SSSR count). The molecule has 6 heteroatoms. The van der Waals surface area contributed by atoms with Gasteiger partial charge in [0.1, 0.15) is 0 Å². The Morgan fingerprint density at radius 3 is 2.54 bits per heavy atom. The van der Waals surface area contributed by atoms with Gasteiger partial charge in [0.2, 0.25) is 0 Å². The van der Waals surface area contributed by atoms with E-state index >= 15 is 0 Å². The van der Waals surface area contributed by atoms with Crippen molar-refractivity contribution in [1.29, 1.82) is 0 Å². The molecule has 0 fully saturated rings. The molecular formula is C22H23ClN2O3. The van der Waals surface area contributed by atoms with Crippen molar-refractivity contribution in [3.05, 3.63) is 70.9 Å². The summed E-state index contributed by atoms with van der Waals surface area (Å²) in [7, 11) is 0. The summed E-state index contributed by atoms with van der Waals surface area (Å²) >= 11 is 6.13. The van der Waals surface area contributed by atoms with Crippen LogP contribution in [-0.4, -0.2) is 40.0 Å². The molecule has 2 aromatic carbocycles. The lowest BCUT2D eigenvalue weighted by atomic mass is 10.0. The van der Waals surface area contributed by atoms with Crippen LogP contribution in [-0.2, 0) is 6.42 Å². The minimum atomic E-state index is -0.949. The maximum atomic E-state index is 12.5. The Bertz CT molecular complexity index is 967. The van der Waals surface area contributed by atoms with E-state index in [9.17, 15) is 14.7 Å². The van der Waals surface area contributed by atoms with Crippen LogP contribution in [0.15, 0.2) is 54.7 Å². The van der Waals surface area contributed by atoms with Crippen molar-refractivity contribution in [3.8, 4) is 0 Å². The van der Waals surface area contributed by atoms with E-state index in [4.69, 9.17) is 11.6 Å². The zero-order valence-corrected chi connectivity index (χ0v) is 16.3. The minimum absolute atomic E-state index is 0.0791. The Kier molecular flexibility index (Phi) is 6.71. The third-order valence-electron chi connectivity index (χ3n) is 4.85. The number of H-pyrrole nitrogens is 1. The van der Waals surface area contributed by atoms with E-state index in [0.29, 0.717) is 49.4 Å². The number of ketones is 1. The van der Waals surface area contributed by atoms with Crippen LogP contribution >= 0.6 is 11.6 Å². The van der Waals surface area contributed by atoms with Crippen LogP contribution < -0.4 is 0 Å². The summed E-state index contributed by atoms with van der Waals surface area (Å²) in [5.74, 6) is 0.0791. The van der Waals surface area contributed by atoms with Gasteiger partial charge in [-0.3, -0.25) is 4.79 Å². The second-order valence-corrected chi connectivity index (χ2v) is 7.15. The summed E-state index contributed by atoms with van der Waals surface area (Å²) in [6.07, 6.45) is 3.06. The second kappa shape index (κ2) is 9.42. The highest BCUT2D eigenvalue weighted by atomic mass is 35.5. The van der Waals surface area contributed by atoms with Crippen LogP contribution in [0.5, 0.6) is 0 Å². The molecule has 0 saturated heterocycles. The van der Waals surface area contributed by atoms with E-state index in [1.165, 1.54) is 4.90 Å². The van der Waals surface area contributed by atoms with Gasteiger partial charge in [-0.1, -0.05) is 48.0 Å². The first-order valence-electron chi connectivity index (χ1n) is 9.37. The molecule has 0 saturated carbocycles. The number of aromatic amines is 1. The molecule has 146 valence electrons. The highest BCUT2D eigenvalue weighted by Gasteiger charge is 2.14. The number of nitrogens with zero attached hydrogens (tertiary/aromatic N) is 1. The fraction of sp³-hybridized carbons (Fsp3) is 0.273. The zero-order valence-electron chi connectivity index (χ0n) is 15.5. The van der Waals surface area contributed by atoms with Gasteiger partial charge in [0.05, 0.1) is 0 Å². The maximum Gasteiger partial charge on any atom is 0.407 e. The molecular weight excluding hydrogens is 376 g/mol. The third kappa shape index (κ3) is 4.93. The first-order chi connectivity index (χ1) is 13.6.